The summed E-state index contributed by atoms with van der Waals surface area (Å²) in [5, 5.41) is 22.3. The first-order valence-corrected chi connectivity index (χ1v) is 7.57. The van der Waals surface area contributed by atoms with E-state index in [1.165, 1.54) is 5.56 Å². The van der Waals surface area contributed by atoms with Gasteiger partial charge < -0.3 is 5.32 Å². The van der Waals surface area contributed by atoms with Crippen LogP contribution in [0.15, 0.2) is 30.5 Å². The topological polar surface area (TPSA) is 84.3 Å². The van der Waals surface area contributed by atoms with Gasteiger partial charge in [0.25, 0.3) is 0 Å². The van der Waals surface area contributed by atoms with Crippen LogP contribution in [-0.2, 0) is 12.0 Å². The van der Waals surface area contributed by atoms with Crippen LogP contribution in [0, 0.1) is 6.92 Å². The number of hydrogen-bond donors (Lipinski definition) is 2. The molecule has 0 aliphatic carbocycles. The average molecular weight is 311 g/mol. The van der Waals surface area contributed by atoms with Gasteiger partial charge in [0.2, 0.25) is 0 Å². The zero-order valence-electron chi connectivity index (χ0n) is 13.8. The number of aromatic nitrogens is 6. The fourth-order valence-electron chi connectivity index (χ4n) is 2.51. The Morgan fingerprint density at radius 2 is 2.09 bits per heavy atom. The van der Waals surface area contributed by atoms with E-state index in [0.717, 1.165) is 22.9 Å². The third-order valence-electron chi connectivity index (χ3n) is 3.67. The summed E-state index contributed by atoms with van der Waals surface area (Å²) in [5.74, 6) is 0.756. The van der Waals surface area contributed by atoms with E-state index in [0.29, 0.717) is 6.54 Å². The molecule has 2 N–H and O–H groups in total. The van der Waals surface area contributed by atoms with E-state index in [2.05, 4.69) is 51.8 Å². The van der Waals surface area contributed by atoms with Crippen molar-refractivity contribution in [1.82, 2.24) is 30.4 Å². The van der Waals surface area contributed by atoms with Gasteiger partial charge in [-0.05, 0) is 35.5 Å². The summed E-state index contributed by atoms with van der Waals surface area (Å²) in [6.45, 7) is 9.10. The molecule has 0 saturated heterocycles. The van der Waals surface area contributed by atoms with Crippen molar-refractivity contribution < 1.29 is 0 Å². The summed E-state index contributed by atoms with van der Waals surface area (Å²) in [5.41, 5.74) is 4.30. The number of H-pyrrole nitrogens is 1. The van der Waals surface area contributed by atoms with Crippen LogP contribution in [0.4, 0.5) is 5.69 Å². The molecule has 0 unspecified atom stereocenters. The number of aromatic amines is 1. The summed E-state index contributed by atoms with van der Waals surface area (Å²) in [4.78, 5) is 0. The fraction of sp³-hybridized carbons (Fsp3) is 0.375. The molecule has 0 saturated carbocycles. The van der Waals surface area contributed by atoms with E-state index >= 15 is 0 Å². The molecule has 0 bridgehead atoms. The summed E-state index contributed by atoms with van der Waals surface area (Å²) in [7, 11) is 0. The summed E-state index contributed by atoms with van der Waals surface area (Å²) < 4.78 is 1.71. The van der Waals surface area contributed by atoms with Gasteiger partial charge >= 0.3 is 0 Å². The predicted octanol–water partition coefficient (Wildman–Crippen LogP) is 2.60. The SMILES string of the molecule is Cc1nnnn1-c1cccc(NCc2cn[nH]c2C(C)(C)C)c1. The number of benzene rings is 1. The molecule has 0 aliphatic rings. The number of anilines is 1. The summed E-state index contributed by atoms with van der Waals surface area (Å²) in [6.07, 6.45) is 1.88. The molecule has 2 heterocycles. The smallest absolute Gasteiger partial charge is 0.153 e. The first-order valence-electron chi connectivity index (χ1n) is 7.57. The minimum atomic E-state index is 0.0405. The predicted molar refractivity (Wildman–Crippen MR) is 88.5 cm³/mol. The van der Waals surface area contributed by atoms with Gasteiger partial charge in [0.15, 0.2) is 5.82 Å². The monoisotopic (exact) mass is 311 g/mol. The van der Waals surface area contributed by atoms with Crippen molar-refractivity contribution in [3.8, 4) is 5.69 Å². The molecule has 0 amide bonds. The first kappa shape index (κ1) is 15.2. The second-order valence-corrected chi connectivity index (χ2v) is 6.56. The molecular weight excluding hydrogens is 290 g/mol. The van der Waals surface area contributed by atoms with Crippen LogP contribution in [0.25, 0.3) is 5.69 Å². The van der Waals surface area contributed by atoms with Crippen molar-refractivity contribution in [2.45, 2.75) is 39.7 Å². The van der Waals surface area contributed by atoms with E-state index in [4.69, 9.17) is 0 Å². The highest BCUT2D eigenvalue weighted by atomic mass is 15.5. The standard InChI is InChI=1S/C16H21N7/c1-11-19-21-22-23(11)14-7-5-6-13(8-14)17-9-12-10-18-20-15(12)16(2,3)4/h5-8,10,17H,9H2,1-4H3,(H,18,20). The molecule has 120 valence electrons. The Hall–Kier alpha value is -2.70. The minimum absolute atomic E-state index is 0.0405. The van der Waals surface area contributed by atoms with Crippen LogP contribution in [-0.4, -0.2) is 30.4 Å². The minimum Gasteiger partial charge on any atom is -0.381 e. The highest BCUT2D eigenvalue weighted by Gasteiger charge is 2.19. The highest BCUT2D eigenvalue weighted by Crippen LogP contribution is 2.24. The lowest BCUT2D eigenvalue weighted by Gasteiger charge is -2.18. The Labute approximate surface area is 135 Å². The Kier molecular flexibility index (Phi) is 3.85. The van der Waals surface area contributed by atoms with E-state index in [9.17, 15) is 0 Å². The fourth-order valence-corrected chi connectivity index (χ4v) is 2.51. The molecule has 7 nitrogen and oxygen atoms in total. The molecule has 3 aromatic rings. The summed E-state index contributed by atoms with van der Waals surface area (Å²) in [6, 6.07) is 8.02. The van der Waals surface area contributed by atoms with Gasteiger partial charge in [-0.15, -0.1) is 5.10 Å². The third-order valence-corrected chi connectivity index (χ3v) is 3.67. The number of nitrogens with zero attached hydrogens (tertiary/aromatic N) is 5. The quantitative estimate of drug-likeness (QED) is 0.773. The molecule has 0 radical (unpaired) electrons. The maximum absolute atomic E-state index is 4.18. The van der Waals surface area contributed by atoms with Gasteiger partial charge in [-0.2, -0.15) is 9.78 Å². The highest BCUT2D eigenvalue weighted by molar-refractivity contribution is 5.51. The Balaban J connectivity index is 1.77. The van der Waals surface area contributed by atoms with Gasteiger partial charge in [0.05, 0.1) is 11.9 Å². The van der Waals surface area contributed by atoms with Crippen LogP contribution in [0.2, 0.25) is 0 Å². The zero-order valence-corrected chi connectivity index (χ0v) is 13.8. The van der Waals surface area contributed by atoms with Gasteiger partial charge in [0.1, 0.15) is 0 Å². The molecule has 0 atom stereocenters. The van der Waals surface area contributed by atoms with Crippen molar-refractivity contribution in [3.63, 3.8) is 0 Å². The second-order valence-electron chi connectivity index (χ2n) is 6.56. The Morgan fingerprint density at radius 1 is 1.26 bits per heavy atom. The van der Waals surface area contributed by atoms with E-state index < -0.39 is 0 Å². The number of rotatable bonds is 4. The van der Waals surface area contributed by atoms with Crippen LogP contribution >= 0.6 is 0 Å². The van der Waals surface area contributed by atoms with Crippen molar-refractivity contribution in [2.24, 2.45) is 0 Å². The molecule has 23 heavy (non-hydrogen) atoms. The molecular formula is C16H21N7. The average Bonchev–Trinajstić information content (AvgIpc) is 3.13. The second kappa shape index (κ2) is 5.83. The Morgan fingerprint density at radius 3 is 2.78 bits per heavy atom. The molecule has 3 rings (SSSR count). The molecule has 2 aromatic heterocycles. The molecule has 7 heteroatoms. The molecule has 0 aliphatic heterocycles. The molecule has 0 fully saturated rings. The van der Waals surface area contributed by atoms with Crippen molar-refractivity contribution in [3.05, 3.63) is 47.5 Å². The molecule has 0 spiro atoms. The van der Waals surface area contributed by atoms with E-state index in [1.54, 1.807) is 4.68 Å². The molecule has 1 aromatic carbocycles. The normalized spacial score (nSPS) is 11.7. The van der Waals surface area contributed by atoms with Crippen LogP contribution in [0.3, 0.4) is 0 Å². The Bertz CT molecular complexity index is 795. The maximum Gasteiger partial charge on any atom is 0.153 e. The van der Waals surface area contributed by atoms with Crippen molar-refractivity contribution >= 4 is 5.69 Å². The maximum atomic E-state index is 4.18. The number of tetrazole rings is 1. The van der Waals surface area contributed by atoms with Gasteiger partial charge in [-0.3, -0.25) is 5.10 Å². The van der Waals surface area contributed by atoms with Crippen LogP contribution < -0.4 is 5.32 Å². The number of nitrogens with one attached hydrogen (secondary N) is 2. The van der Waals surface area contributed by atoms with E-state index in [1.807, 2.05) is 37.4 Å². The largest absolute Gasteiger partial charge is 0.381 e. The van der Waals surface area contributed by atoms with Crippen LogP contribution in [0.5, 0.6) is 0 Å². The first-order chi connectivity index (χ1) is 10.9. The number of aryl methyl sites for hydroxylation is 1. The van der Waals surface area contributed by atoms with Gasteiger partial charge in [-0.25, -0.2) is 0 Å². The van der Waals surface area contributed by atoms with Crippen molar-refractivity contribution in [1.29, 1.82) is 0 Å². The van der Waals surface area contributed by atoms with Gasteiger partial charge in [-0.1, -0.05) is 26.8 Å². The van der Waals surface area contributed by atoms with Crippen molar-refractivity contribution in [2.75, 3.05) is 5.32 Å². The van der Waals surface area contributed by atoms with Gasteiger partial charge in [0, 0.05) is 28.9 Å². The summed E-state index contributed by atoms with van der Waals surface area (Å²) >= 11 is 0. The zero-order chi connectivity index (χ0) is 16.4. The lowest BCUT2D eigenvalue weighted by Crippen LogP contribution is -2.15. The van der Waals surface area contributed by atoms with E-state index in [-0.39, 0.29) is 5.41 Å². The third kappa shape index (κ3) is 3.23. The lowest BCUT2D eigenvalue weighted by molar-refractivity contribution is 0.561. The lowest BCUT2D eigenvalue weighted by atomic mass is 9.89. The number of hydrogen-bond acceptors (Lipinski definition) is 5. The van der Waals surface area contributed by atoms with Crippen LogP contribution in [0.1, 0.15) is 37.9 Å².